The summed E-state index contributed by atoms with van der Waals surface area (Å²) in [4.78, 5) is 0. The molecule has 1 heterocycles. The van der Waals surface area contributed by atoms with Crippen molar-refractivity contribution in [3.63, 3.8) is 0 Å². The Bertz CT molecular complexity index is 1250. The van der Waals surface area contributed by atoms with E-state index in [-0.39, 0.29) is 26.2 Å². The molecular weight excluding hydrogens is 438 g/mol. The van der Waals surface area contributed by atoms with Gasteiger partial charge in [0.05, 0.1) is 10.0 Å². The van der Waals surface area contributed by atoms with Gasteiger partial charge in [0.2, 0.25) is 0 Å². The minimum Gasteiger partial charge on any atom is -0.484 e. The number of halogens is 4. The average Bonchev–Trinajstić information content (AvgIpc) is 2.74. The molecule has 0 saturated carbocycles. The van der Waals surface area contributed by atoms with E-state index in [1.165, 1.54) is 10.8 Å². The molecule has 0 unspecified atom stereocenters. The molecule has 0 bridgehead atoms. The second kappa shape index (κ2) is 6.89. The standard InChI is InChI=1S/C22H12Cl4O2/c23-17-18(24)20(26)22-21(19(17)25)27-10-16(28-22)14-6-5-13-7-11-3-1-2-4-12(11)8-15(13)9-14/h1-9,16H,10H2/t16-/m1/s1. The molecule has 6 heteroatoms. The molecule has 0 radical (unpaired) electrons. The number of rotatable bonds is 1. The lowest BCUT2D eigenvalue weighted by molar-refractivity contribution is 0.0916. The van der Waals surface area contributed by atoms with Crippen molar-refractivity contribution in [2.24, 2.45) is 0 Å². The highest BCUT2D eigenvalue weighted by Crippen LogP contribution is 2.53. The van der Waals surface area contributed by atoms with Gasteiger partial charge in [0, 0.05) is 0 Å². The highest BCUT2D eigenvalue weighted by Gasteiger charge is 2.30. The Labute approximate surface area is 181 Å². The topological polar surface area (TPSA) is 18.5 Å². The Balaban J connectivity index is 1.57. The van der Waals surface area contributed by atoms with Crippen LogP contribution in [-0.2, 0) is 0 Å². The minimum atomic E-state index is -0.339. The largest absolute Gasteiger partial charge is 0.484 e. The van der Waals surface area contributed by atoms with E-state index in [2.05, 4.69) is 36.4 Å². The number of hydrogen-bond acceptors (Lipinski definition) is 2. The number of fused-ring (bicyclic) bond motifs is 3. The molecule has 4 aromatic carbocycles. The highest BCUT2D eigenvalue weighted by molar-refractivity contribution is 6.53. The van der Waals surface area contributed by atoms with Crippen LogP contribution in [0.25, 0.3) is 21.5 Å². The molecule has 28 heavy (non-hydrogen) atoms. The number of ether oxygens (including phenoxy) is 2. The molecule has 1 atom stereocenters. The molecule has 0 spiro atoms. The average molecular weight is 450 g/mol. The fraction of sp³-hybridized carbons (Fsp3) is 0.0909. The molecule has 0 N–H and O–H groups in total. The van der Waals surface area contributed by atoms with Crippen molar-refractivity contribution >= 4 is 67.9 Å². The first-order valence-corrected chi connectivity index (χ1v) is 10.1. The van der Waals surface area contributed by atoms with Gasteiger partial charge in [-0.3, -0.25) is 0 Å². The van der Waals surface area contributed by atoms with Crippen LogP contribution in [-0.4, -0.2) is 6.61 Å². The molecular formula is C22H12Cl4O2. The molecule has 1 aliphatic rings. The second-order valence-corrected chi connectivity index (χ2v) is 8.15. The first-order chi connectivity index (χ1) is 13.5. The predicted molar refractivity (Wildman–Crippen MR) is 117 cm³/mol. The maximum absolute atomic E-state index is 6.32. The van der Waals surface area contributed by atoms with Crippen LogP contribution >= 0.6 is 46.4 Å². The van der Waals surface area contributed by atoms with Gasteiger partial charge in [-0.05, 0) is 45.3 Å². The fourth-order valence-electron chi connectivity index (χ4n) is 3.48. The van der Waals surface area contributed by atoms with Crippen molar-refractivity contribution in [1.29, 1.82) is 0 Å². The zero-order valence-corrected chi connectivity index (χ0v) is 17.3. The predicted octanol–water partition coefficient (Wildman–Crippen LogP) is 8.12. The second-order valence-electron chi connectivity index (χ2n) is 6.64. The van der Waals surface area contributed by atoms with Crippen LogP contribution in [0, 0.1) is 0 Å². The van der Waals surface area contributed by atoms with Crippen molar-refractivity contribution in [3.05, 3.63) is 80.3 Å². The SMILES string of the molecule is Clc1c(Cl)c(Cl)c2c(c1Cl)OC[C@H](c1ccc3cc4ccccc4cc3c1)O2. The van der Waals surface area contributed by atoms with Crippen LogP contribution in [0.2, 0.25) is 20.1 Å². The Hall–Kier alpha value is -1.84. The van der Waals surface area contributed by atoms with Crippen molar-refractivity contribution in [1.82, 2.24) is 0 Å². The first kappa shape index (κ1) is 18.2. The summed E-state index contributed by atoms with van der Waals surface area (Å²) in [6.07, 6.45) is -0.339. The zero-order valence-electron chi connectivity index (χ0n) is 14.3. The van der Waals surface area contributed by atoms with E-state index in [1.54, 1.807) is 0 Å². The third-order valence-electron chi connectivity index (χ3n) is 4.92. The van der Waals surface area contributed by atoms with Gasteiger partial charge in [-0.25, -0.2) is 0 Å². The molecule has 5 rings (SSSR count). The molecule has 0 aliphatic carbocycles. The monoisotopic (exact) mass is 448 g/mol. The van der Waals surface area contributed by atoms with Crippen LogP contribution in [0.1, 0.15) is 11.7 Å². The van der Waals surface area contributed by atoms with Crippen molar-refractivity contribution in [2.45, 2.75) is 6.10 Å². The van der Waals surface area contributed by atoms with Gasteiger partial charge in [0.1, 0.15) is 16.7 Å². The van der Waals surface area contributed by atoms with E-state index < -0.39 is 0 Å². The molecule has 0 fully saturated rings. The maximum atomic E-state index is 6.32. The Morgan fingerprint density at radius 1 is 0.643 bits per heavy atom. The van der Waals surface area contributed by atoms with Gasteiger partial charge in [-0.1, -0.05) is 82.8 Å². The molecule has 140 valence electrons. The summed E-state index contributed by atoms with van der Waals surface area (Å²) < 4.78 is 12.0. The number of hydrogen-bond donors (Lipinski definition) is 0. The summed E-state index contributed by atoms with van der Waals surface area (Å²) in [5, 5.41) is 5.40. The van der Waals surface area contributed by atoms with Crippen molar-refractivity contribution in [2.75, 3.05) is 6.61 Å². The van der Waals surface area contributed by atoms with Crippen LogP contribution < -0.4 is 9.47 Å². The van der Waals surface area contributed by atoms with Gasteiger partial charge in [-0.2, -0.15) is 0 Å². The molecule has 0 saturated heterocycles. The van der Waals surface area contributed by atoms with Crippen LogP contribution in [0.4, 0.5) is 0 Å². The van der Waals surface area contributed by atoms with Crippen LogP contribution in [0.15, 0.2) is 54.6 Å². The van der Waals surface area contributed by atoms with Gasteiger partial charge < -0.3 is 9.47 Å². The molecule has 4 aromatic rings. The summed E-state index contributed by atoms with van der Waals surface area (Å²) in [7, 11) is 0. The Kier molecular flexibility index (Phi) is 4.48. The van der Waals surface area contributed by atoms with Gasteiger partial charge in [0.15, 0.2) is 17.6 Å². The van der Waals surface area contributed by atoms with E-state index in [4.69, 9.17) is 55.9 Å². The lowest BCUT2D eigenvalue weighted by Gasteiger charge is -2.29. The van der Waals surface area contributed by atoms with E-state index in [0.717, 1.165) is 16.3 Å². The molecule has 0 aromatic heterocycles. The number of benzene rings is 4. The van der Waals surface area contributed by atoms with Crippen molar-refractivity contribution < 1.29 is 9.47 Å². The molecule has 2 nitrogen and oxygen atoms in total. The third kappa shape index (κ3) is 2.87. The van der Waals surface area contributed by atoms with Gasteiger partial charge in [-0.15, -0.1) is 0 Å². The Morgan fingerprint density at radius 2 is 1.25 bits per heavy atom. The maximum Gasteiger partial charge on any atom is 0.184 e. The van der Waals surface area contributed by atoms with Gasteiger partial charge >= 0.3 is 0 Å². The first-order valence-electron chi connectivity index (χ1n) is 8.61. The lowest BCUT2D eigenvalue weighted by Crippen LogP contribution is -2.22. The van der Waals surface area contributed by atoms with Crippen LogP contribution in [0.5, 0.6) is 11.5 Å². The van der Waals surface area contributed by atoms with E-state index in [1.807, 2.05) is 18.2 Å². The Morgan fingerprint density at radius 3 is 1.96 bits per heavy atom. The summed E-state index contributed by atoms with van der Waals surface area (Å²) in [6, 6.07) is 18.9. The fourth-order valence-corrected chi connectivity index (χ4v) is 4.40. The third-order valence-corrected chi connectivity index (χ3v) is 6.69. The quantitative estimate of drug-likeness (QED) is 0.166. The van der Waals surface area contributed by atoms with Gasteiger partial charge in [0.25, 0.3) is 0 Å². The summed E-state index contributed by atoms with van der Waals surface area (Å²) >= 11 is 24.8. The smallest absolute Gasteiger partial charge is 0.184 e. The van der Waals surface area contributed by atoms with E-state index in [9.17, 15) is 0 Å². The molecule has 1 aliphatic heterocycles. The van der Waals surface area contributed by atoms with E-state index in [0.29, 0.717) is 18.1 Å². The lowest BCUT2D eigenvalue weighted by atomic mass is 9.99. The highest BCUT2D eigenvalue weighted by atomic mass is 35.5. The molecule has 0 amide bonds. The summed E-state index contributed by atoms with van der Waals surface area (Å²) in [5.74, 6) is 0.639. The summed E-state index contributed by atoms with van der Waals surface area (Å²) in [6.45, 7) is 0.292. The van der Waals surface area contributed by atoms with Crippen molar-refractivity contribution in [3.8, 4) is 11.5 Å². The normalized spacial score (nSPS) is 15.9. The summed E-state index contributed by atoms with van der Waals surface area (Å²) in [5.41, 5.74) is 0.978. The zero-order chi connectivity index (χ0) is 19.4. The van der Waals surface area contributed by atoms with Crippen LogP contribution in [0.3, 0.4) is 0 Å². The van der Waals surface area contributed by atoms with E-state index >= 15 is 0 Å². The minimum absolute atomic E-state index is 0.154.